The predicted molar refractivity (Wildman–Crippen MR) is 72.5 cm³/mol. The molecular weight excluding hydrogens is 296 g/mol. The number of nitrogens with zero attached hydrogens (tertiary/aromatic N) is 1. The first kappa shape index (κ1) is 13.6. The molecule has 0 atom stereocenters. The average molecular weight is 313 g/mol. The second-order valence-electron chi connectivity index (χ2n) is 4.49. The standard InChI is InChI=1S/C13H17BrN2O2/c14-11-5-10(7-16-8-11)6-12(17)9-18-13-1-3-15-4-2-13/h5,7-8,13,15H,1-4,6,9H2. The predicted octanol–water partition coefficient (Wildman–Crippen LogP) is 1.72. The molecule has 4 nitrogen and oxygen atoms in total. The fourth-order valence-corrected chi connectivity index (χ4v) is 2.42. The molecule has 5 heteroatoms. The molecule has 2 heterocycles. The number of halogens is 1. The van der Waals surface area contributed by atoms with Gasteiger partial charge >= 0.3 is 0 Å². The third kappa shape index (κ3) is 4.48. The lowest BCUT2D eigenvalue weighted by molar-refractivity contribution is -0.125. The van der Waals surface area contributed by atoms with Crippen LogP contribution in [0.5, 0.6) is 0 Å². The molecule has 1 aromatic rings. The number of hydrogen-bond acceptors (Lipinski definition) is 4. The normalized spacial score (nSPS) is 16.7. The van der Waals surface area contributed by atoms with Crippen LogP contribution in [0.3, 0.4) is 0 Å². The number of aromatic nitrogens is 1. The molecule has 1 saturated heterocycles. The fraction of sp³-hybridized carbons (Fsp3) is 0.538. The van der Waals surface area contributed by atoms with Crippen molar-refractivity contribution in [2.45, 2.75) is 25.4 Å². The van der Waals surface area contributed by atoms with Gasteiger partial charge in [-0.15, -0.1) is 0 Å². The van der Waals surface area contributed by atoms with E-state index in [1.165, 1.54) is 0 Å². The SMILES string of the molecule is O=C(COC1CCNCC1)Cc1cncc(Br)c1. The van der Waals surface area contributed by atoms with Gasteiger partial charge in [0, 0.05) is 23.3 Å². The number of pyridine rings is 1. The molecule has 0 radical (unpaired) electrons. The Bertz CT molecular complexity index is 406. The Labute approximate surface area is 115 Å². The lowest BCUT2D eigenvalue weighted by atomic mass is 10.1. The maximum Gasteiger partial charge on any atom is 0.162 e. The lowest BCUT2D eigenvalue weighted by Gasteiger charge is -2.22. The highest BCUT2D eigenvalue weighted by Gasteiger charge is 2.15. The fourth-order valence-electron chi connectivity index (χ4n) is 2.00. The zero-order chi connectivity index (χ0) is 12.8. The summed E-state index contributed by atoms with van der Waals surface area (Å²) in [6.45, 7) is 2.17. The van der Waals surface area contributed by atoms with Crippen molar-refractivity contribution in [2.75, 3.05) is 19.7 Å². The van der Waals surface area contributed by atoms with E-state index < -0.39 is 0 Å². The Hall–Kier alpha value is -0.780. The Morgan fingerprint density at radius 2 is 2.22 bits per heavy atom. The number of piperidine rings is 1. The van der Waals surface area contributed by atoms with Gasteiger partial charge in [-0.3, -0.25) is 9.78 Å². The van der Waals surface area contributed by atoms with Crippen LogP contribution >= 0.6 is 15.9 Å². The van der Waals surface area contributed by atoms with Crippen molar-refractivity contribution in [3.63, 3.8) is 0 Å². The van der Waals surface area contributed by atoms with E-state index >= 15 is 0 Å². The van der Waals surface area contributed by atoms with Crippen molar-refractivity contribution in [3.05, 3.63) is 28.5 Å². The van der Waals surface area contributed by atoms with E-state index in [4.69, 9.17) is 4.74 Å². The van der Waals surface area contributed by atoms with Gasteiger partial charge < -0.3 is 10.1 Å². The van der Waals surface area contributed by atoms with Crippen LogP contribution in [0.1, 0.15) is 18.4 Å². The van der Waals surface area contributed by atoms with Crippen molar-refractivity contribution < 1.29 is 9.53 Å². The lowest BCUT2D eigenvalue weighted by Crippen LogP contribution is -2.33. The van der Waals surface area contributed by atoms with Gasteiger partial charge in [-0.2, -0.15) is 0 Å². The van der Waals surface area contributed by atoms with Crippen LogP contribution in [-0.2, 0) is 16.0 Å². The summed E-state index contributed by atoms with van der Waals surface area (Å²) in [5.74, 6) is 0.105. The van der Waals surface area contributed by atoms with Gasteiger partial charge in [0.05, 0.1) is 6.10 Å². The maximum atomic E-state index is 11.8. The summed E-state index contributed by atoms with van der Waals surface area (Å²) in [4.78, 5) is 15.8. The second-order valence-corrected chi connectivity index (χ2v) is 5.40. The minimum Gasteiger partial charge on any atom is -0.370 e. The first-order valence-electron chi connectivity index (χ1n) is 6.17. The largest absolute Gasteiger partial charge is 0.370 e. The minimum atomic E-state index is 0.105. The van der Waals surface area contributed by atoms with Crippen LogP contribution in [0.4, 0.5) is 0 Å². The number of ketones is 1. The number of rotatable bonds is 5. The first-order chi connectivity index (χ1) is 8.74. The maximum absolute atomic E-state index is 11.8. The summed E-state index contributed by atoms with van der Waals surface area (Å²) in [7, 11) is 0. The van der Waals surface area contributed by atoms with Crippen LogP contribution in [0.2, 0.25) is 0 Å². The summed E-state index contributed by atoms with van der Waals surface area (Å²) in [6, 6.07) is 1.91. The number of ether oxygens (including phenoxy) is 1. The topological polar surface area (TPSA) is 51.2 Å². The molecule has 1 aliphatic heterocycles. The molecule has 0 unspecified atom stereocenters. The third-order valence-corrected chi connectivity index (χ3v) is 3.36. The van der Waals surface area contributed by atoms with Crippen molar-refractivity contribution in [3.8, 4) is 0 Å². The highest BCUT2D eigenvalue weighted by Crippen LogP contribution is 2.11. The first-order valence-corrected chi connectivity index (χ1v) is 6.97. The van der Waals surface area contributed by atoms with Crippen LogP contribution in [0.25, 0.3) is 0 Å². The zero-order valence-corrected chi connectivity index (χ0v) is 11.8. The van der Waals surface area contributed by atoms with E-state index in [-0.39, 0.29) is 18.5 Å². The molecule has 1 aliphatic rings. The molecule has 0 amide bonds. The molecule has 1 fully saturated rings. The summed E-state index contributed by atoms with van der Waals surface area (Å²) in [5.41, 5.74) is 0.920. The van der Waals surface area contributed by atoms with Gasteiger partial charge in [0.1, 0.15) is 6.61 Å². The minimum absolute atomic E-state index is 0.105. The number of Topliss-reactive ketones (excluding diaryl/α,β-unsaturated/α-hetero) is 1. The summed E-state index contributed by atoms with van der Waals surface area (Å²) >= 11 is 3.34. The Morgan fingerprint density at radius 1 is 1.44 bits per heavy atom. The quantitative estimate of drug-likeness (QED) is 0.899. The van der Waals surface area contributed by atoms with E-state index in [1.807, 2.05) is 6.07 Å². The van der Waals surface area contributed by atoms with Crippen LogP contribution in [-0.4, -0.2) is 36.6 Å². The van der Waals surface area contributed by atoms with Gasteiger partial charge in [-0.25, -0.2) is 0 Å². The van der Waals surface area contributed by atoms with Crippen LogP contribution in [0.15, 0.2) is 22.9 Å². The Kier molecular flexibility index (Phi) is 5.28. The van der Waals surface area contributed by atoms with Crippen molar-refractivity contribution in [1.29, 1.82) is 0 Å². The molecule has 98 valence electrons. The molecule has 2 rings (SSSR count). The van der Waals surface area contributed by atoms with Gasteiger partial charge in [0.2, 0.25) is 0 Å². The van der Waals surface area contributed by atoms with Crippen molar-refractivity contribution in [1.82, 2.24) is 10.3 Å². The smallest absolute Gasteiger partial charge is 0.162 e. The second kappa shape index (κ2) is 6.97. The van der Waals surface area contributed by atoms with Crippen LogP contribution in [0, 0.1) is 0 Å². The average Bonchev–Trinajstić information content (AvgIpc) is 2.38. The summed E-state index contributed by atoms with van der Waals surface area (Å²) < 4.78 is 6.52. The van der Waals surface area contributed by atoms with E-state index in [0.717, 1.165) is 36.0 Å². The van der Waals surface area contributed by atoms with Crippen molar-refractivity contribution in [2.24, 2.45) is 0 Å². The monoisotopic (exact) mass is 312 g/mol. The number of carbonyl (C=O) groups excluding carboxylic acids is 1. The Balaban J connectivity index is 1.74. The number of nitrogens with one attached hydrogen (secondary N) is 1. The van der Waals surface area contributed by atoms with E-state index in [9.17, 15) is 4.79 Å². The highest BCUT2D eigenvalue weighted by atomic mass is 79.9. The van der Waals surface area contributed by atoms with Crippen molar-refractivity contribution >= 4 is 21.7 Å². The molecule has 0 aliphatic carbocycles. The molecule has 1 N–H and O–H groups in total. The summed E-state index contributed by atoms with van der Waals surface area (Å²) in [5, 5.41) is 3.27. The molecule has 18 heavy (non-hydrogen) atoms. The van der Waals surface area contributed by atoms with Gasteiger partial charge in [0.15, 0.2) is 5.78 Å². The Morgan fingerprint density at radius 3 is 2.94 bits per heavy atom. The van der Waals surface area contributed by atoms with Gasteiger partial charge in [0.25, 0.3) is 0 Å². The van der Waals surface area contributed by atoms with Gasteiger partial charge in [-0.05, 0) is 53.5 Å². The molecule has 0 aromatic carbocycles. The van der Waals surface area contributed by atoms with E-state index in [0.29, 0.717) is 6.42 Å². The molecule has 0 saturated carbocycles. The molecule has 0 bridgehead atoms. The highest BCUT2D eigenvalue weighted by molar-refractivity contribution is 9.10. The van der Waals surface area contributed by atoms with Gasteiger partial charge in [-0.1, -0.05) is 0 Å². The van der Waals surface area contributed by atoms with E-state index in [1.54, 1.807) is 12.4 Å². The molecule has 1 aromatic heterocycles. The summed E-state index contributed by atoms with van der Waals surface area (Å²) in [6.07, 6.45) is 6.03. The van der Waals surface area contributed by atoms with Crippen LogP contribution < -0.4 is 5.32 Å². The number of carbonyl (C=O) groups is 1. The third-order valence-electron chi connectivity index (χ3n) is 2.93. The zero-order valence-electron chi connectivity index (χ0n) is 10.2. The van der Waals surface area contributed by atoms with E-state index in [2.05, 4.69) is 26.2 Å². The molecular formula is C13H17BrN2O2. The molecule has 0 spiro atoms. The number of hydrogen-bond donors (Lipinski definition) is 1.